The molecule has 0 aliphatic heterocycles. The number of fused-ring (bicyclic) bond motifs is 1. The van der Waals surface area contributed by atoms with Gasteiger partial charge < -0.3 is 9.67 Å². The van der Waals surface area contributed by atoms with Gasteiger partial charge in [-0.1, -0.05) is 17.7 Å². The fraction of sp³-hybridized carbons (Fsp3) is 0.100. The number of hydrogen-bond donors (Lipinski definition) is 1. The van der Waals surface area contributed by atoms with Gasteiger partial charge in [0.2, 0.25) is 0 Å². The molecule has 1 heterocycles. The molecule has 0 amide bonds. The zero-order valence-electron chi connectivity index (χ0n) is 7.49. The Hall–Kier alpha value is -1.48. The van der Waals surface area contributed by atoms with Crippen molar-refractivity contribution in [3.8, 4) is 5.75 Å². The predicted octanol–water partition coefficient (Wildman–Crippen LogP) is 1.90. The summed E-state index contributed by atoms with van der Waals surface area (Å²) in [5.74, 6) is -0.0753. The molecule has 0 bridgehead atoms. The number of halogens is 1. The molecule has 4 heteroatoms. The zero-order valence-corrected chi connectivity index (χ0v) is 8.25. The molecule has 0 aliphatic carbocycles. The number of aryl methyl sites for hydroxylation is 1. The SMILES string of the molecule is Cn1c(=O)cc(O)c2c(Cl)cccc21. The number of rotatable bonds is 0. The lowest BCUT2D eigenvalue weighted by Gasteiger charge is -2.06. The van der Waals surface area contributed by atoms with Gasteiger partial charge in [0.05, 0.1) is 15.9 Å². The Morgan fingerprint density at radius 3 is 2.86 bits per heavy atom. The van der Waals surface area contributed by atoms with Gasteiger partial charge in [-0.2, -0.15) is 0 Å². The van der Waals surface area contributed by atoms with Crippen molar-refractivity contribution >= 4 is 22.5 Å². The normalized spacial score (nSPS) is 10.7. The van der Waals surface area contributed by atoms with Gasteiger partial charge in [-0.3, -0.25) is 4.79 Å². The first kappa shape index (κ1) is 9.09. The fourth-order valence-corrected chi connectivity index (χ4v) is 1.72. The summed E-state index contributed by atoms with van der Waals surface area (Å²) in [5.41, 5.74) is 0.375. The Labute approximate surface area is 85.2 Å². The summed E-state index contributed by atoms with van der Waals surface area (Å²) in [5, 5.41) is 10.5. The maximum atomic E-state index is 11.3. The van der Waals surface area contributed by atoms with Gasteiger partial charge in [-0.05, 0) is 12.1 Å². The zero-order chi connectivity index (χ0) is 10.3. The van der Waals surface area contributed by atoms with Crippen LogP contribution in [0.2, 0.25) is 5.02 Å². The van der Waals surface area contributed by atoms with E-state index in [1.165, 1.54) is 4.57 Å². The topological polar surface area (TPSA) is 42.2 Å². The minimum Gasteiger partial charge on any atom is -0.507 e. The first-order valence-electron chi connectivity index (χ1n) is 4.08. The third-order valence-electron chi connectivity index (χ3n) is 2.20. The van der Waals surface area contributed by atoms with Crippen LogP contribution in [0.3, 0.4) is 0 Å². The second-order valence-corrected chi connectivity index (χ2v) is 3.47. The Morgan fingerprint density at radius 2 is 2.14 bits per heavy atom. The van der Waals surface area contributed by atoms with Crippen molar-refractivity contribution in [1.29, 1.82) is 0 Å². The highest BCUT2D eigenvalue weighted by Crippen LogP contribution is 2.29. The fourth-order valence-electron chi connectivity index (χ4n) is 1.45. The van der Waals surface area contributed by atoms with E-state index in [2.05, 4.69) is 0 Å². The van der Waals surface area contributed by atoms with E-state index < -0.39 is 0 Å². The first-order chi connectivity index (χ1) is 6.61. The van der Waals surface area contributed by atoms with E-state index in [0.717, 1.165) is 6.07 Å². The molecule has 0 fully saturated rings. The monoisotopic (exact) mass is 209 g/mol. The van der Waals surface area contributed by atoms with Gasteiger partial charge in [0.1, 0.15) is 5.75 Å². The second kappa shape index (κ2) is 3.03. The molecule has 2 aromatic rings. The van der Waals surface area contributed by atoms with Crippen molar-refractivity contribution in [2.24, 2.45) is 7.05 Å². The van der Waals surface area contributed by atoms with E-state index in [1.807, 2.05) is 0 Å². The Kier molecular flexibility index (Phi) is 1.97. The van der Waals surface area contributed by atoms with Crippen LogP contribution in [0.15, 0.2) is 29.1 Å². The summed E-state index contributed by atoms with van der Waals surface area (Å²) in [6.07, 6.45) is 0. The molecule has 0 aliphatic rings. The lowest BCUT2D eigenvalue weighted by molar-refractivity contribution is 0.479. The largest absolute Gasteiger partial charge is 0.507 e. The number of aromatic nitrogens is 1. The van der Waals surface area contributed by atoms with Gasteiger partial charge in [-0.25, -0.2) is 0 Å². The van der Waals surface area contributed by atoms with Crippen LogP contribution >= 0.6 is 11.6 Å². The van der Waals surface area contributed by atoms with Crippen LogP contribution in [0.1, 0.15) is 0 Å². The molecular formula is C10H8ClNO2. The number of benzene rings is 1. The molecule has 0 saturated heterocycles. The summed E-state index contributed by atoms with van der Waals surface area (Å²) in [7, 11) is 1.64. The summed E-state index contributed by atoms with van der Waals surface area (Å²) in [4.78, 5) is 11.3. The highest BCUT2D eigenvalue weighted by atomic mass is 35.5. The van der Waals surface area contributed by atoms with Gasteiger partial charge in [-0.15, -0.1) is 0 Å². The molecule has 1 aromatic carbocycles. The molecule has 2 rings (SSSR count). The third-order valence-corrected chi connectivity index (χ3v) is 2.51. The molecule has 0 unspecified atom stereocenters. The number of pyridine rings is 1. The standard InChI is InChI=1S/C10H8ClNO2/c1-12-7-4-2-3-6(11)10(7)8(13)5-9(12)14/h2-5,13H,1H3. The molecule has 0 atom stereocenters. The molecule has 0 saturated carbocycles. The highest BCUT2D eigenvalue weighted by Gasteiger charge is 2.07. The van der Waals surface area contributed by atoms with Crippen LogP contribution in [0.4, 0.5) is 0 Å². The van der Waals surface area contributed by atoms with E-state index in [0.29, 0.717) is 15.9 Å². The van der Waals surface area contributed by atoms with Crippen molar-refractivity contribution in [2.75, 3.05) is 0 Å². The molecule has 3 nitrogen and oxygen atoms in total. The van der Waals surface area contributed by atoms with Crippen LogP contribution in [0.25, 0.3) is 10.9 Å². The number of aromatic hydroxyl groups is 1. The Bertz CT molecular complexity index is 560. The average molecular weight is 210 g/mol. The maximum absolute atomic E-state index is 11.3. The van der Waals surface area contributed by atoms with E-state index >= 15 is 0 Å². The minimum absolute atomic E-state index is 0.0753. The summed E-state index contributed by atoms with van der Waals surface area (Å²) in [6, 6.07) is 6.31. The Balaban J connectivity index is 3.10. The van der Waals surface area contributed by atoms with Crippen molar-refractivity contribution in [1.82, 2.24) is 4.57 Å². The molecule has 72 valence electrons. The Morgan fingerprint density at radius 1 is 1.43 bits per heavy atom. The van der Waals surface area contributed by atoms with Crippen molar-refractivity contribution in [2.45, 2.75) is 0 Å². The molecule has 0 radical (unpaired) electrons. The van der Waals surface area contributed by atoms with Crippen LogP contribution in [-0.4, -0.2) is 9.67 Å². The van der Waals surface area contributed by atoms with E-state index in [9.17, 15) is 9.90 Å². The van der Waals surface area contributed by atoms with Crippen LogP contribution in [0.5, 0.6) is 5.75 Å². The summed E-state index contributed by atoms with van der Waals surface area (Å²) in [6.45, 7) is 0. The van der Waals surface area contributed by atoms with Gasteiger partial charge in [0.25, 0.3) is 5.56 Å². The number of hydrogen-bond acceptors (Lipinski definition) is 2. The molecular weight excluding hydrogens is 202 g/mol. The molecule has 0 spiro atoms. The summed E-state index contributed by atoms with van der Waals surface area (Å²) < 4.78 is 1.45. The lowest BCUT2D eigenvalue weighted by atomic mass is 10.2. The highest BCUT2D eigenvalue weighted by molar-refractivity contribution is 6.35. The van der Waals surface area contributed by atoms with Gasteiger partial charge >= 0.3 is 0 Å². The maximum Gasteiger partial charge on any atom is 0.254 e. The quantitative estimate of drug-likeness (QED) is 0.720. The second-order valence-electron chi connectivity index (χ2n) is 3.06. The molecule has 1 N–H and O–H groups in total. The predicted molar refractivity (Wildman–Crippen MR) is 55.9 cm³/mol. The first-order valence-corrected chi connectivity index (χ1v) is 4.46. The minimum atomic E-state index is -0.253. The van der Waals surface area contributed by atoms with Gasteiger partial charge in [0, 0.05) is 13.1 Å². The van der Waals surface area contributed by atoms with Crippen LogP contribution < -0.4 is 5.56 Å². The third kappa shape index (κ3) is 1.17. The number of nitrogens with zero attached hydrogens (tertiary/aromatic N) is 1. The van der Waals surface area contributed by atoms with Crippen molar-refractivity contribution in [3.05, 3.63) is 39.6 Å². The lowest BCUT2D eigenvalue weighted by Crippen LogP contribution is -2.15. The van der Waals surface area contributed by atoms with Crippen molar-refractivity contribution in [3.63, 3.8) is 0 Å². The van der Waals surface area contributed by atoms with E-state index in [-0.39, 0.29) is 11.3 Å². The van der Waals surface area contributed by atoms with E-state index in [1.54, 1.807) is 25.2 Å². The van der Waals surface area contributed by atoms with Crippen LogP contribution in [-0.2, 0) is 7.05 Å². The van der Waals surface area contributed by atoms with E-state index in [4.69, 9.17) is 11.6 Å². The molecule has 1 aromatic heterocycles. The van der Waals surface area contributed by atoms with Crippen molar-refractivity contribution < 1.29 is 5.11 Å². The molecule has 14 heavy (non-hydrogen) atoms. The smallest absolute Gasteiger partial charge is 0.254 e. The average Bonchev–Trinajstić information content (AvgIpc) is 2.14. The van der Waals surface area contributed by atoms with Crippen LogP contribution in [0, 0.1) is 0 Å². The van der Waals surface area contributed by atoms with Gasteiger partial charge in [0.15, 0.2) is 0 Å². The summed E-state index contributed by atoms with van der Waals surface area (Å²) >= 11 is 5.91.